The average molecular weight is 213 g/mol. The van der Waals surface area contributed by atoms with Crippen LogP contribution in [-0.2, 0) is 9.53 Å². The second kappa shape index (κ2) is 5.50. The molecule has 0 aromatic carbocycles. The second-order valence-corrected chi connectivity index (χ2v) is 4.91. The molecule has 0 heterocycles. The molecule has 0 aromatic rings. The van der Waals surface area contributed by atoms with E-state index in [-0.39, 0.29) is 12.0 Å². The predicted molar refractivity (Wildman–Crippen MR) is 60.6 cm³/mol. The van der Waals surface area contributed by atoms with E-state index in [1.54, 1.807) is 0 Å². The highest BCUT2D eigenvalue weighted by molar-refractivity contribution is 5.75. The molecule has 88 valence electrons. The van der Waals surface area contributed by atoms with Crippen molar-refractivity contribution in [1.29, 1.82) is 0 Å². The van der Waals surface area contributed by atoms with Crippen LogP contribution in [0.25, 0.3) is 0 Å². The fourth-order valence-corrected chi connectivity index (χ4v) is 2.33. The lowest BCUT2D eigenvalue weighted by Crippen LogP contribution is -2.47. The van der Waals surface area contributed by atoms with Gasteiger partial charge in [-0.25, -0.2) is 0 Å². The maximum Gasteiger partial charge on any atom is 0.322 e. The number of carbonyl (C=O) groups excluding carboxylic acids is 1. The number of esters is 1. The molecule has 1 saturated carbocycles. The Morgan fingerprint density at radius 1 is 1.40 bits per heavy atom. The van der Waals surface area contributed by atoms with Gasteiger partial charge in [0, 0.05) is 6.04 Å². The maximum atomic E-state index is 11.3. The van der Waals surface area contributed by atoms with Crippen molar-refractivity contribution in [3.63, 3.8) is 0 Å². The molecule has 0 radical (unpaired) electrons. The highest BCUT2D eigenvalue weighted by atomic mass is 16.5. The molecule has 0 bridgehead atoms. The van der Waals surface area contributed by atoms with Gasteiger partial charge in [0.2, 0.25) is 0 Å². The Hall–Kier alpha value is -0.570. The zero-order valence-electron chi connectivity index (χ0n) is 10.2. The summed E-state index contributed by atoms with van der Waals surface area (Å²) in [7, 11) is 1.44. The van der Waals surface area contributed by atoms with Gasteiger partial charge in [-0.1, -0.05) is 20.3 Å². The number of nitrogens with one attached hydrogen (secondary N) is 1. The summed E-state index contributed by atoms with van der Waals surface area (Å²) in [6.07, 6.45) is 3.74. The molecule has 3 nitrogen and oxygen atoms in total. The minimum Gasteiger partial charge on any atom is -0.468 e. The van der Waals surface area contributed by atoms with Crippen LogP contribution in [-0.4, -0.2) is 25.2 Å². The predicted octanol–water partition coefficient (Wildman–Crippen LogP) is 1.96. The van der Waals surface area contributed by atoms with Crippen LogP contribution in [0.15, 0.2) is 0 Å². The topological polar surface area (TPSA) is 38.3 Å². The summed E-state index contributed by atoms with van der Waals surface area (Å²) in [6, 6.07) is 0.274. The number of methoxy groups -OCH3 is 1. The summed E-state index contributed by atoms with van der Waals surface area (Å²) >= 11 is 0. The number of hydrogen-bond acceptors (Lipinski definition) is 3. The SMILES string of the molecule is COC(=O)[C@H](C)NC1CC(C)CCC1C. The third-order valence-corrected chi connectivity index (χ3v) is 3.48. The lowest BCUT2D eigenvalue weighted by atomic mass is 9.80. The third kappa shape index (κ3) is 3.49. The summed E-state index contributed by atoms with van der Waals surface area (Å²) in [6.45, 7) is 6.41. The van der Waals surface area contributed by atoms with Gasteiger partial charge in [0.15, 0.2) is 0 Å². The molecule has 1 rings (SSSR count). The number of hydrogen-bond donors (Lipinski definition) is 1. The quantitative estimate of drug-likeness (QED) is 0.728. The minimum absolute atomic E-state index is 0.166. The van der Waals surface area contributed by atoms with Crippen molar-refractivity contribution in [3.05, 3.63) is 0 Å². The fraction of sp³-hybridized carbons (Fsp3) is 0.917. The second-order valence-electron chi connectivity index (χ2n) is 4.91. The summed E-state index contributed by atoms with van der Waals surface area (Å²) in [4.78, 5) is 11.3. The Kier molecular flexibility index (Phi) is 4.58. The molecular weight excluding hydrogens is 190 g/mol. The van der Waals surface area contributed by atoms with E-state index in [1.807, 2.05) is 6.92 Å². The van der Waals surface area contributed by atoms with Crippen molar-refractivity contribution in [3.8, 4) is 0 Å². The smallest absolute Gasteiger partial charge is 0.322 e. The van der Waals surface area contributed by atoms with Gasteiger partial charge in [-0.3, -0.25) is 4.79 Å². The van der Waals surface area contributed by atoms with E-state index >= 15 is 0 Å². The van der Waals surface area contributed by atoms with Crippen molar-refractivity contribution in [2.75, 3.05) is 7.11 Å². The fourth-order valence-electron chi connectivity index (χ4n) is 2.33. The molecule has 0 aromatic heterocycles. The van der Waals surface area contributed by atoms with Crippen LogP contribution >= 0.6 is 0 Å². The van der Waals surface area contributed by atoms with Crippen LogP contribution in [0.3, 0.4) is 0 Å². The van der Waals surface area contributed by atoms with Crippen molar-refractivity contribution >= 4 is 5.97 Å². The zero-order chi connectivity index (χ0) is 11.4. The standard InChI is InChI=1S/C12H23NO2/c1-8-5-6-9(2)11(7-8)13-10(3)12(14)15-4/h8-11,13H,5-7H2,1-4H3/t8?,9?,10-,11?/m0/s1. The van der Waals surface area contributed by atoms with Crippen LogP contribution in [0, 0.1) is 11.8 Å². The summed E-state index contributed by atoms with van der Waals surface area (Å²) in [5.41, 5.74) is 0. The van der Waals surface area contributed by atoms with Crippen molar-refractivity contribution in [2.45, 2.75) is 52.1 Å². The first kappa shape index (κ1) is 12.5. The largest absolute Gasteiger partial charge is 0.468 e. The molecule has 4 atom stereocenters. The third-order valence-electron chi connectivity index (χ3n) is 3.48. The van der Waals surface area contributed by atoms with Gasteiger partial charge in [-0.15, -0.1) is 0 Å². The highest BCUT2D eigenvalue weighted by Gasteiger charge is 2.28. The van der Waals surface area contributed by atoms with E-state index in [0.717, 1.165) is 5.92 Å². The molecule has 0 aliphatic heterocycles. The minimum atomic E-state index is -0.187. The van der Waals surface area contributed by atoms with Crippen LogP contribution in [0.4, 0.5) is 0 Å². The average Bonchev–Trinajstić information content (AvgIpc) is 2.22. The maximum absolute atomic E-state index is 11.3. The zero-order valence-corrected chi connectivity index (χ0v) is 10.2. The first-order valence-electron chi connectivity index (χ1n) is 5.88. The Labute approximate surface area is 92.6 Å². The number of ether oxygens (including phenoxy) is 1. The van der Waals surface area contributed by atoms with E-state index in [0.29, 0.717) is 12.0 Å². The van der Waals surface area contributed by atoms with Crippen LogP contribution in [0.1, 0.15) is 40.0 Å². The van der Waals surface area contributed by atoms with E-state index in [1.165, 1.54) is 26.4 Å². The van der Waals surface area contributed by atoms with E-state index < -0.39 is 0 Å². The van der Waals surface area contributed by atoms with Gasteiger partial charge >= 0.3 is 5.97 Å². The summed E-state index contributed by atoms with van der Waals surface area (Å²) in [5.74, 6) is 1.26. The van der Waals surface area contributed by atoms with E-state index in [9.17, 15) is 4.79 Å². The molecule has 1 fully saturated rings. The van der Waals surface area contributed by atoms with E-state index in [2.05, 4.69) is 19.2 Å². The summed E-state index contributed by atoms with van der Waals surface area (Å²) < 4.78 is 4.71. The highest BCUT2D eigenvalue weighted by Crippen LogP contribution is 2.28. The Morgan fingerprint density at radius 2 is 2.07 bits per heavy atom. The van der Waals surface area contributed by atoms with Crippen LogP contribution in [0.2, 0.25) is 0 Å². The molecule has 1 N–H and O–H groups in total. The van der Waals surface area contributed by atoms with Gasteiger partial charge < -0.3 is 10.1 Å². The molecular formula is C12H23NO2. The number of rotatable bonds is 3. The first-order chi connectivity index (χ1) is 7.04. The van der Waals surface area contributed by atoms with Crippen molar-refractivity contribution in [1.82, 2.24) is 5.32 Å². The Bertz CT molecular complexity index is 218. The Balaban J connectivity index is 2.45. The van der Waals surface area contributed by atoms with Crippen molar-refractivity contribution in [2.24, 2.45) is 11.8 Å². The van der Waals surface area contributed by atoms with E-state index in [4.69, 9.17) is 4.74 Å². The lowest BCUT2D eigenvalue weighted by molar-refractivity contribution is -0.143. The van der Waals surface area contributed by atoms with Crippen LogP contribution in [0.5, 0.6) is 0 Å². The molecule has 0 amide bonds. The van der Waals surface area contributed by atoms with Crippen molar-refractivity contribution < 1.29 is 9.53 Å². The van der Waals surface area contributed by atoms with Gasteiger partial charge in [0.05, 0.1) is 7.11 Å². The normalized spacial score (nSPS) is 33.5. The first-order valence-corrected chi connectivity index (χ1v) is 5.88. The lowest BCUT2D eigenvalue weighted by Gasteiger charge is -2.34. The monoisotopic (exact) mass is 213 g/mol. The number of carbonyl (C=O) groups is 1. The Morgan fingerprint density at radius 3 is 2.67 bits per heavy atom. The molecule has 0 spiro atoms. The molecule has 1 aliphatic carbocycles. The molecule has 3 heteroatoms. The van der Waals surface area contributed by atoms with Gasteiger partial charge in [-0.05, 0) is 31.6 Å². The van der Waals surface area contributed by atoms with Gasteiger partial charge in [0.1, 0.15) is 6.04 Å². The van der Waals surface area contributed by atoms with Gasteiger partial charge in [-0.2, -0.15) is 0 Å². The molecule has 3 unspecified atom stereocenters. The molecule has 15 heavy (non-hydrogen) atoms. The van der Waals surface area contributed by atoms with Crippen LogP contribution < -0.4 is 5.32 Å². The van der Waals surface area contributed by atoms with Gasteiger partial charge in [0.25, 0.3) is 0 Å². The molecule has 1 aliphatic rings. The summed E-state index contributed by atoms with van der Waals surface area (Å²) in [5, 5.41) is 3.38. The molecule has 0 saturated heterocycles.